The van der Waals surface area contributed by atoms with Crippen LogP contribution in [0.5, 0.6) is 0 Å². The van der Waals surface area contributed by atoms with Crippen molar-refractivity contribution >= 4 is 15.9 Å². The number of carbonyl (C=O) groups is 1. The van der Waals surface area contributed by atoms with Gasteiger partial charge in [0.1, 0.15) is 0 Å². The first-order valence-corrected chi connectivity index (χ1v) is 13.5. The van der Waals surface area contributed by atoms with Crippen LogP contribution >= 0.6 is 0 Å². The van der Waals surface area contributed by atoms with E-state index in [1.807, 2.05) is 43.0 Å². The summed E-state index contributed by atoms with van der Waals surface area (Å²) in [5.41, 5.74) is 2.28. The molecule has 2 aromatic carbocycles. The van der Waals surface area contributed by atoms with Gasteiger partial charge >= 0.3 is 0 Å². The van der Waals surface area contributed by atoms with Crippen LogP contribution in [0.1, 0.15) is 41.8 Å². The molecule has 0 bridgehead atoms. The Morgan fingerprint density at radius 2 is 1.63 bits per heavy atom. The van der Waals surface area contributed by atoms with Gasteiger partial charge in [0.05, 0.1) is 28.7 Å². The summed E-state index contributed by atoms with van der Waals surface area (Å²) in [5.74, 6) is -0.0808. The largest absolute Gasteiger partial charge is 0.373 e. The molecule has 0 N–H and O–H groups in total. The van der Waals surface area contributed by atoms with Crippen LogP contribution in [0.4, 0.5) is 0 Å². The van der Waals surface area contributed by atoms with Crippen molar-refractivity contribution < 1.29 is 17.9 Å². The van der Waals surface area contributed by atoms with Crippen LogP contribution in [0.15, 0.2) is 53.4 Å². The molecule has 2 aliphatic heterocycles. The predicted octanol–water partition coefficient (Wildman–Crippen LogP) is 2.70. The highest BCUT2D eigenvalue weighted by Crippen LogP contribution is 2.22. The average molecular weight is 497 g/mol. The fraction of sp³-hybridized carbons (Fsp3) is 0.462. The van der Waals surface area contributed by atoms with Gasteiger partial charge in [-0.2, -0.15) is 9.57 Å². The number of morpholine rings is 1. The fourth-order valence-electron chi connectivity index (χ4n) is 4.70. The SMILES string of the molecule is C[C@@H]1CN(S(=O)(=O)c2ccc(C(=O)N3CCCN(Cc4ccc(C#N)cc4)CC3)cc2)C[C@H](C)O1. The molecule has 8 nitrogen and oxygen atoms in total. The van der Waals surface area contributed by atoms with Gasteiger partial charge in [-0.05, 0) is 62.2 Å². The van der Waals surface area contributed by atoms with E-state index in [-0.39, 0.29) is 23.0 Å². The van der Waals surface area contributed by atoms with Gasteiger partial charge in [0.2, 0.25) is 10.0 Å². The summed E-state index contributed by atoms with van der Waals surface area (Å²) in [7, 11) is -3.64. The molecule has 4 rings (SSSR count). The molecular formula is C26H32N4O4S. The van der Waals surface area contributed by atoms with E-state index >= 15 is 0 Å². The van der Waals surface area contributed by atoms with Gasteiger partial charge in [-0.1, -0.05) is 12.1 Å². The zero-order valence-electron chi connectivity index (χ0n) is 20.3. The summed E-state index contributed by atoms with van der Waals surface area (Å²) in [6, 6.07) is 16.0. The third kappa shape index (κ3) is 6.08. The smallest absolute Gasteiger partial charge is 0.253 e. The monoisotopic (exact) mass is 496 g/mol. The fourth-order valence-corrected chi connectivity index (χ4v) is 6.29. The second-order valence-corrected chi connectivity index (χ2v) is 11.3. The second-order valence-electron chi connectivity index (χ2n) is 9.33. The van der Waals surface area contributed by atoms with Crippen molar-refractivity contribution in [3.8, 4) is 6.07 Å². The van der Waals surface area contributed by atoms with E-state index in [0.29, 0.717) is 37.3 Å². The summed E-state index contributed by atoms with van der Waals surface area (Å²) < 4.78 is 33.3. The van der Waals surface area contributed by atoms with Crippen molar-refractivity contribution in [3.05, 3.63) is 65.2 Å². The van der Waals surface area contributed by atoms with Gasteiger partial charge in [-0.15, -0.1) is 0 Å². The third-order valence-corrected chi connectivity index (χ3v) is 8.34. The molecule has 186 valence electrons. The quantitative estimate of drug-likeness (QED) is 0.632. The van der Waals surface area contributed by atoms with Crippen LogP contribution < -0.4 is 0 Å². The molecule has 0 radical (unpaired) electrons. The highest BCUT2D eigenvalue weighted by Gasteiger charge is 2.32. The van der Waals surface area contributed by atoms with Crippen LogP contribution in [0, 0.1) is 11.3 Å². The van der Waals surface area contributed by atoms with E-state index in [1.165, 1.54) is 16.4 Å². The number of carbonyl (C=O) groups excluding carboxylic acids is 1. The molecule has 2 saturated heterocycles. The molecule has 1 amide bonds. The van der Waals surface area contributed by atoms with Crippen LogP contribution in [0.25, 0.3) is 0 Å². The first-order chi connectivity index (χ1) is 16.8. The Hall–Kier alpha value is -2.77. The summed E-state index contributed by atoms with van der Waals surface area (Å²) in [5, 5.41) is 8.96. The number of nitriles is 1. The van der Waals surface area contributed by atoms with Gasteiger partial charge in [0, 0.05) is 51.4 Å². The molecule has 0 aliphatic carbocycles. The molecule has 2 aromatic rings. The normalized spacial score (nSPS) is 22.4. The molecule has 0 aromatic heterocycles. The van der Waals surface area contributed by atoms with Gasteiger partial charge in [-0.3, -0.25) is 9.69 Å². The minimum atomic E-state index is -3.64. The minimum Gasteiger partial charge on any atom is -0.373 e. The van der Waals surface area contributed by atoms with Gasteiger partial charge < -0.3 is 9.64 Å². The Kier molecular flexibility index (Phi) is 7.87. The molecule has 2 aliphatic rings. The molecule has 0 spiro atoms. The number of rotatable bonds is 5. The maximum absolute atomic E-state index is 13.1. The van der Waals surface area contributed by atoms with E-state index in [2.05, 4.69) is 11.0 Å². The molecule has 35 heavy (non-hydrogen) atoms. The summed E-state index contributed by atoms with van der Waals surface area (Å²) >= 11 is 0. The van der Waals surface area contributed by atoms with E-state index in [9.17, 15) is 13.2 Å². The number of benzene rings is 2. The molecule has 0 saturated carbocycles. The lowest BCUT2D eigenvalue weighted by Gasteiger charge is -2.34. The predicted molar refractivity (Wildman–Crippen MR) is 132 cm³/mol. The van der Waals surface area contributed by atoms with Gasteiger partial charge in [0.15, 0.2) is 0 Å². The Balaban J connectivity index is 1.37. The van der Waals surface area contributed by atoms with Crippen LogP contribution in [-0.4, -0.2) is 79.9 Å². The molecule has 0 unspecified atom stereocenters. The van der Waals surface area contributed by atoms with Crippen molar-refractivity contribution in [2.24, 2.45) is 0 Å². The summed E-state index contributed by atoms with van der Waals surface area (Å²) in [4.78, 5) is 17.5. The summed E-state index contributed by atoms with van der Waals surface area (Å²) in [6.07, 6.45) is 0.546. The standard InChI is InChI=1S/C26H32N4O4S/c1-20-17-30(18-21(2)34-20)35(32,33)25-10-8-24(9-11-25)26(31)29-13-3-12-28(14-15-29)19-23-6-4-22(16-27)5-7-23/h4-11,20-21H,3,12-15,17-19H2,1-2H3/t20-,21+. The number of ether oxygens (including phenoxy) is 1. The Labute approximate surface area is 207 Å². The van der Waals surface area contributed by atoms with Crippen molar-refractivity contribution in [2.75, 3.05) is 39.3 Å². The maximum Gasteiger partial charge on any atom is 0.253 e. The first kappa shape index (κ1) is 25.3. The van der Waals surface area contributed by atoms with Crippen LogP contribution in [0.3, 0.4) is 0 Å². The average Bonchev–Trinajstić information content (AvgIpc) is 3.09. The van der Waals surface area contributed by atoms with Gasteiger partial charge in [-0.25, -0.2) is 8.42 Å². The number of sulfonamides is 1. The van der Waals surface area contributed by atoms with Gasteiger partial charge in [0.25, 0.3) is 5.91 Å². The molecular weight excluding hydrogens is 464 g/mol. The van der Waals surface area contributed by atoms with E-state index in [4.69, 9.17) is 10.00 Å². The van der Waals surface area contributed by atoms with Crippen molar-refractivity contribution in [3.63, 3.8) is 0 Å². The molecule has 2 atom stereocenters. The number of amides is 1. The van der Waals surface area contributed by atoms with E-state index < -0.39 is 10.0 Å². The maximum atomic E-state index is 13.1. The lowest BCUT2D eigenvalue weighted by molar-refractivity contribution is -0.0440. The Morgan fingerprint density at radius 3 is 2.26 bits per heavy atom. The Morgan fingerprint density at radius 1 is 0.971 bits per heavy atom. The highest BCUT2D eigenvalue weighted by atomic mass is 32.2. The van der Waals surface area contributed by atoms with Crippen molar-refractivity contribution in [1.82, 2.24) is 14.1 Å². The molecule has 2 heterocycles. The molecule has 9 heteroatoms. The zero-order valence-corrected chi connectivity index (χ0v) is 21.1. The number of hydrogen-bond donors (Lipinski definition) is 0. The number of hydrogen-bond acceptors (Lipinski definition) is 6. The minimum absolute atomic E-state index is 0.0808. The second kappa shape index (κ2) is 10.9. The van der Waals surface area contributed by atoms with E-state index in [0.717, 1.165) is 31.6 Å². The van der Waals surface area contributed by atoms with Crippen molar-refractivity contribution in [1.29, 1.82) is 5.26 Å². The lowest BCUT2D eigenvalue weighted by atomic mass is 10.1. The van der Waals surface area contributed by atoms with E-state index in [1.54, 1.807) is 12.1 Å². The lowest BCUT2D eigenvalue weighted by Crippen LogP contribution is -2.48. The topological polar surface area (TPSA) is 94.0 Å². The summed E-state index contributed by atoms with van der Waals surface area (Å²) in [6.45, 7) is 8.06. The third-order valence-electron chi connectivity index (χ3n) is 6.49. The van der Waals surface area contributed by atoms with Crippen LogP contribution in [0.2, 0.25) is 0 Å². The zero-order chi connectivity index (χ0) is 25.0. The highest BCUT2D eigenvalue weighted by molar-refractivity contribution is 7.89. The molecule has 2 fully saturated rings. The van der Waals surface area contributed by atoms with Crippen LogP contribution in [-0.2, 0) is 21.3 Å². The first-order valence-electron chi connectivity index (χ1n) is 12.0. The Bertz CT molecular complexity index is 1170. The van der Waals surface area contributed by atoms with Crippen molar-refractivity contribution in [2.45, 2.75) is 43.9 Å². The number of nitrogens with zero attached hydrogens (tertiary/aromatic N) is 4.